The Morgan fingerprint density at radius 1 is 1.58 bits per heavy atom. The fourth-order valence-corrected chi connectivity index (χ4v) is 0.476. The molecule has 0 spiro atoms. The zero-order valence-corrected chi connectivity index (χ0v) is 6.40. The van der Waals surface area contributed by atoms with E-state index in [-0.39, 0.29) is 5.75 Å². The Morgan fingerprint density at radius 2 is 2.08 bits per heavy atom. The van der Waals surface area contributed by atoms with Crippen molar-refractivity contribution >= 4 is 0 Å². The highest BCUT2D eigenvalue weighted by Crippen LogP contribution is 2.07. The van der Waals surface area contributed by atoms with Crippen molar-refractivity contribution < 1.29 is 14.4 Å². The van der Waals surface area contributed by atoms with Gasteiger partial charge in [0.25, 0.3) is 0 Å². The molecule has 0 aliphatic carbocycles. The first-order valence-electron chi connectivity index (χ1n) is 3.05. The summed E-state index contributed by atoms with van der Waals surface area (Å²) in [5, 5.41) is 17.4. The molecule has 12 heavy (non-hydrogen) atoms. The van der Waals surface area contributed by atoms with Gasteiger partial charge in [-0.15, -0.1) is 0 Å². The van der Waals surface area contributed by atoms with Gasteiger partial charge in [-0.3, -0.25) is 10.1 Å². The first-order chi connectivity index (χ1) is 5.52. The highest BCUT2D eigenvalue weighted by molar-refractivity contribution is 5.20. The fourth-order valence-electron chi connectivity index (χ4n) is 0.476. The Kier molecular flexibility index (Phi) is 4.36. The van der Waals surface area contributed by atoms with Crippen molar-refractivity contribution in [3.8, 4) is 5.75 Å². The number of nitro groups is 1. The molecule has 66 valence electrons. The largest absolute Gasteiger partial charge is 0.508 e. The topological polar surface area (TPSA) is 63.4 Å². The number of phenolic OH excluding ortho intramolecular Hbond substituents is 1. The third kappa shape index (κ3) is 6.47. The maximum Gasteiger partial charge on any atom is 0.194 e. The highest BCUT2D eigenvalue weighted by Gasteiger charge is 1.86. The van der Waals surface area contributed by atoms with Crippen LogP contribution < -0.4 is 0 Å². The Morgan fingerprint density at radius 3 is 2.33 bits per heavy atom. The lowest BCUT2D eigenvalue weighted by Gasteiger charge is -1.86. The summed E-state index contributed by atoms with van der Waals surface area (Å²) in [6.45, 7) is 0. The third-order valence-electron chi connectivity index (χ3n) is 0.808. The number of hydrogen-bond acceptors (Lipinski definition) is 3. The van der Waals surface area contributed by atoms with Gasteiger partial charge in [0.2, 0.25) is 0 Å². The van der Waals surface area contributed by atoms with Gasteiger partial charge in [-0.25, -0.2) is 4.39 Å². The van der Waals surface area contributed by atoms with Gasteiger partial charge in [0.1, 0.15) is 11.6 Å². The predicted molar refractivity (Wildman–Crippen MR) is 41.0 cm³/mol. The van der Waals surface area contributed by atoms with E-state index in [2.05, 4.69) is 0 Å². The smallest absolute Gasteiger partial charge is 0.194 e. The van der Waals surface area contributed by atoms with E-state index < -0.39 is 10.7 Å². The van der Waals surface area contributed by atoms with Gasteiger partial charge in [-0.2, -0.15) is 0 Å². The SMILES string of the molecule is C[N+](=O)[O-].Oc1cccc(F)c1. The summed E-state index contributed by atoms with van der Waals surface area (Å²) in [5.74, 6) is -0.449. The quantitative estimate of drug-likeness (QED) is 0.476. The van der Waals surface area contributed by atoms with Crippen LogP contribution in [-0.2, 0) is 0 Å². The second-order valence-corrected chi connectivity index (χ2v) is 1.92. The van der Waals surface area contributed by atoms with E-state index in [9.17, 15) is 4.39 Å². The lowest BCUT2D eigenvalue weighted by atomic mass is 10.3. The first-order valence-corrected chi connectivity index (χ1v) is 3.05. The molecule has 5 heteroatoms. The number of rotatable bonds is 0. The van der Waals surface area contributed by atoms with E-state index >= 15 is 0 Å². The molecule has 0 fully saturated rings. The van der Waals surface area contributed by atoms with Crippen LogP contribution in [0.5, 0.6) is 5.75 Å². The minimum atomic E-state index is -0.500. The maximum absolute atomic E-state index is 12.0. The van der Waals surface area contributed by atoms with Crippen LogP contribution in [0.25, 0.3) is 0 Å². The minimum absolute atomic E-state index is 0.0370. The summed E-state index contributed by atoms with van der Waals surface area (Å²) >= 11 is 0. The van der Waals surface area contributed by atoms with Crippen LogP contribution >= 0.6 is 0 Å². The van der Waals surface area contributed by atoms with E-state index in [1.54, 1.807) is 0 Å². The average Bonchev–Trinajstić information content (AvgIpc) is 1.84. The van der Waals surface area contributed by atoms with E-state index in [1.807, 2.05) is 0 Å². The molecule has 4 nitrogen and oxygen atoms in total. The third-order valence-corrected chi connectivity index (χ3v) is 0.808. The average molecular weight is 173 g/mol. The number of halogens is 1. The molecule has 1 aromatic carbocycles. The standard InChI is InChI=1S/C6H5FO.CH3NO2/c7-5-2-1-3-6(8)4-5;1-2(3)4/h1-4,8H;1H3. The summed E-state index contributed by atoms with van der Waals surface area (Å²) in [4.78, 5) is 8.31. The molecule has 0 bridgehead atoms. The molecule has 0 aliphatic rings. The number of hydrogen-bond donors (Lipinski definition) is 1. The number of benzene rings is 1. The molecule has 0 heterocycles. The Hall–Kier alpha value is -1.65. The Balaban J connectivity index is 0.000000261. The molecule has 0 saturated heterocycles. The molecule has 0 radical (unpaired) electrons. The minimum Gasteiger partial charge on any atom is -0.508 e. The maximum atomic E-state index is 12.0. The summed E-state index contributed by atoms with van der Waals surface area (Å²) in [6.07, 6.45) is 0. The van der Waals surface area contributed by atoms with Crippen molar-refractivity contribution in [1.29, 1.82) is 0 Å². The second kappa shape index (κ2) is 5.06. The predicted octanol–water partition coefficient (Wildman–Crippen LogP) is 1.42. The molecule has 0 saturated carbocycles. The monoisotopic (exact) mass is 173 g/mol. The van der Waals surface area contributed by atoms with Crippen molar-refractivity contribution in [2.75, 3.05) is 7.05 Å². The van der Waals surface area contributed by atoms with Gasteiger partial charge in [0.15, 0.2) is 7.05 Å². The van der Waals surface area contributed by atoms with Crippen LogP contribution in [0, 0.1) is 15.9 Å². The lowest BCUT2D eigenvalue weighted by molar-refractivity contribution is -0.445. The zero-order valence-electron chi connectivity index (χ0n) is 6.40. The molecule has 0 unspecified atom stereocenters. The molecule has 0 amide bonds. The molecule has 1 N–H and O–H groups in total. The van der Waals surface area contributed by atoms with Crippen LogP contribution in [0.3, 0.4) is 0 Å². The molecule has 1 aromatic rings. The Bertz CT molecular complexity index is 243. The van der Waals surface area contributed by atoms with Crippen LogP contribution in [0.4, 0.5) is 4.39 Å². The summed E-state index contributed by atoms with van der Waals surface area (Å²) in [6, 6.07) is 5.20. The van der Waals surface area contributed by atoms with Gasteiger partial charge in [0.05, 0.1) is 0 Å². The molecular formula is C7H8FNO3. The first kappa shape index (κ1) is 10.3. The highest BCUT2D eigenvalue weighted by atomic mass is 19.1. The molecule has 0 atom stereocenters. The summed E-state index contributed by atoms with van der Waals surface area (Å²) in [7, 11) is 0.889. The zero-order chi connectivity index (χ0) is 9.56. The number of aromatic hydroxyl groups is 1. The van der Waals surface area contributed by atoms with Crippen LogP contribution in [0.2, 0.25) is 0 Å². The summed E-state index contributed by atoms with van der Waals surface area (Å²) < 4.78 is 12.0. The summed E-state index contributed by atoms with van der Waals surface area (Å²) in [5.41, 5.74) is 0. The van der Waals surface area contributed by atoms with Crippen molar-refractivity contribution in [2.45, 2.75) is 0 Å². The number of nitrogens with zero attached hydrogens (tertiary/aromatic N) is 1. The molecule has 0 aliphatic heterocycles. The van der Waals surface area contributed by atoms with Gasteiger partial charge >= 0.3 is 0 Å². The van der Waals surface area contributed by atoms with Crippen LogP contribution in [0.1, 0.15) is 0 Å². The van der Waals surface area contributed by atoms with Gasteiger partial charge in [-0.1, -0.05) is 6.07 Å². The van der Waals surface area contributed by atoms with Gasteiger partial charge < -0.3 is 5.11 Å². The van der Waals surface area contributed by atoms with Crippen LogP contribution in [0.15, 0.2) is 24.3 Å². The van der Waals surface area contributed by atoms with Gasteiger partial charge in [-0.05, 0) is 12.1 Å². The van der Waals surface area contributed by atoms with E-state index in [4.69, 9.17) is 15.2 Å². The van der Waals surface area contributed by atoms with Crippen molar-refractivity contribution in [3.63, 3.8) is 0 Å². The molecular weight excluding hydrogens is 165 g/mol. The molecule has 0 aromatic heterocycles. The Labute approximate surface area is 68.4 Å². The second-order valence-electron chi connectivity index (χ2n) is 1.92. The van der Waals surface area contributed by atoms with E-state index in [0.29, 0.717) is 0 Å². The van der Waals surface area contributed by atoms with Crippen LogP contribution in [-0.4, -0.2) is 17.1 Å². The lowest BCUT2D eigenvalue weighted by Crippen LogP contribution is -1.79. The number of phenols is 1. The fraction of sp³-hybridized carbons (Fsp3) is 0.143. The van der Waals surface area contributed by atoms with Gasteiger partial charge in [0, 0.05) is 11.0 Å². The van der Waals surface area contributed by atoms with E-state index in [1.165, 1.54) is 18.2 Å². The van der Waals surface area contributed by atoms with Crippen molar-refractivity contribution in [3.05, 3.63) is 40.2 Å². The van der Waals surface area contributed by atoms with Crippen molar-refractivity contribution in [2.24, 2.45) is 0 Å². The normalized spacial score (nSPS) is 8.17. The van der Waals surface area contributed by atoms with E-state index in [0.717, 1.165) is 13.1 Å². The van der Waals surface area contributed by atoms with Crippen molar-refractivity contribution in [1.82, 2.24) is 0 Å². The molecule has 1 rings (SSSR count).